The maximum Gasteiger partial charge on any atom is 0.0197 e. The number of piperidine rings is 1. The summed E-state index contributed by atoms with van der Waals surface area (Å²) in [5.74, 6) is 0. The van der Waals surface area contributed by atoms with E-state index in [-0.39, 0.29) is 0 Å². The minimum Gasteiger partial charge on any atom is -0.310 e. The van der Waals surface area contributed by atoms with Crippen molar-refractivity contribution in [3.8, 4) is 0 Å². The SMILES string of the molecule is Cc1ccccc1CC(C)NC1CCCN(C)C1. The van der Waals surface area contributed by atoms with Crippen LogP contribution in [-0.2, 0) is 6.42 Å². The summed E-state index contributed by atoms with van der Waals surface area (Å²) in [5.41, 5.74) is 2.88. The summed E-state index contributed by atoms with van der Waals surface area (Å²) in [6, 6.07) is 9.94. The molecular weight excluding hydrogens is 220 g/mol. The van der Waals surface area contributed by atoms with Gasteiger partial charge in [0.1, 0.15) is 0 Å². The number of nitrogens with one attached hydrogen (secondary N) is 1. The fraction of sp³-hybridized carbons (Fsp3) is 0.625. The van der Waals surface area contributed by atoms with Gasteiger partial charge in [-0.2, -0.15) is 0 Å². The van der Waals surface area contributed by atoms with E-state index in [1.54, 1.807) is 0 Å². The van der Waals surface area contributed by atoms with Crippen LogP contribution in [0.5, 0.6) is 0 Å². The van der Waals surface area contributed by atoms with Crippen LogP contribution < -0.4 is 5.32 Å². The Balaban J connectivity index is 1.85. The lowest BCUT2D eigenvalue weighted by atomic mass is 10.00. The highest BCUT2D eigenvalue weighted by Gasteiger charge is 2.18. The van der Waals surface area contributed by atoms with Crippen molar-refractivity contribution >= 4 is 0 Å². The van der Waals surface area contributed by atoms with Crippen molar-refractivity contribution in [3.63, 3.8) is 0 Å². The van der Waals surface area contributed by atoms with Crippen molar-refractivity contribution in [1.82, 2.24) is 10.2 Å². The Kier molecular flexibility index (Phi) is 4.79. The van der Waals surface area contributed by atoms with E-state index in [0.29, 0.717) is 12.1 Å². The molecule has 0 radical (unpaired) electrons. The predicted octanol–water partition coefficient (Wildman–Crippen LogP) is 2.61. The maximum absolute atomic E-state index is 3.78. The first-order valence-corrected chi connectivity index (χ1v) is 7.14. The molecule has 1 aliphatic heterocycles. The van der Waals surface area contributed by atoms with Crippen LogP contribution >= 0.6 is 0 Å². The predicted molar refractivity (Wildman–Crippen MR) is 78.0 cm³/mol. The van der Waals surface area contributed by atoms with E-state index in [4.69, 9.17) is 0 Å². The number of likely N-dealkylation sites (tertiary alicyclic amines) is 1. The van der Waals surface area contributed by atoms with E-state index in [2.05, 4.69) is 55.4 Å². The lowest BCUT2D eigenvalue weighted by molar-refractivity contribution is 0.218. The van der Waals surface area contributed by atoms with Crippen LogP contribution in [0.4, 0.5) is 0 Å². The molecule has 0 bridgehead atoms. The molecule has 0 aromatic heterocycles. The Hall–Kier alpha value is -0.860. The van der Waals surface area contributed by atoms with Crippen molar-refractivity contribution in [3.05, 3.63) is 35.4 Å². The van der Waals surface area contributed by atoms with Crippen LogP contribution in [0.1, 0.15) is 30.9 Å². The normalized spacial score (nSPS) is 22.9. The molecule has 1 fully saturated rings. The van der Waals surface area contributed by atoms with Gasteiger partial charge in [-0.05, 0) is 57.8 Å². The Labute approximate surface area is 111 Å². The van der Waals surface area contributed by atoms with Crippen molar-refractivity contribution in [2.24, 2.45) is 0 Å². The van der Waals surface area contributed by atoms with Gasteiger partial charge in [-0.15, -0.1) is 0 Å². The first kappa shape index (κ1) is 13.6. The van der Waals surface area contributed by atoms with Crippen LogP contribution in [-0.4, -0.2) is 37.1 Å². The molecule has 1 aromatic rings. The number of rotatable bonds is 4. The summed E-state index contributed by atoms with van der Waals surface area (Å²) in [6.07, 6.45) is 3.78. The van der Waals surface area contributed by atoms with Crippen molar-refractivity contribution in [2.45, 2.75) is 45.2 Å². The summed E-state index contributed by atoms with van der Waals surface area (Å²) in [7, 11) is 2.22. The molecule has 2 heteroatoms. The van der Waals surface area contributed by atoms with E-state index in [1.165, 1.54) is 37.1 Å². The molecule has 1 heterocycles. The van der Waals surface area contributed by atoms with Gasteiger partial charge in [0.15, 0.2) is 0 Å². The lowest BCUT2D eigenvalue weighted by Crippen LogP contribution is -2.47. The van der Waals surface area contributed by atoms with Gasteiger partial charge in [0.2, 0.25) is 0 Å². The van der Waals surface area contributed by atoms with E-state index in [9.17, 15) is 0 Å². The molecule has 0 aliphatic carbocycles. The molecule has 2 atom stereocenters. The molecule has 2 nitrogen and oxygen atoms in total. The molecule has 1 N–H and O–H groups in total. The third-order valence-corrected chi connectivity index (χ3v) is 3.93. The molecule has 1 saturated heterocycles. The maximum atomic E-state index is 3.78. The Morgan fingerprint density at radius 1 is 1.39 bits per heavy atom. The monoisotopic (exact) mass is 246 g/mol. The zero-order valence-electron chi connectivity index (χ0n) is 11.9. The van der Waals surface area contributed by atoms with Gasteiger partial charge >= 0.3 is 0 Å². The largest absolute Gasteiger partial charge is 0.310 e. The van der Waals surface area contributed by atoms with Gasteiger partial charge in [0.05, 0.1) is 0 Å². The first-order chi connectivity index (χ1) is 8.65. The summed E-state index contributed by atoms with van der Waals surface area (Å²) < 4.78 is 0. The number of benzene rings is 1. The second-order valence-corrected chi connectivity index (χ2v) is 5.80. The van der Waals surface area contributed by atoms with Crippen molar-refractivity contribution in [1.29, 1.82) is 0 Å². The molecule has 100 valence electrons. The second kappa shape index (κ2) is 6.35. The summed E-state index contributed by atoms with van der Waals surface area (Å²) in [6.45, 7) is 6.96. The highest BCUT2D eigenvalue weighted by molar-refractivity contribution is 5.26. The topological polar surface area (TPSA) is 15.3 Å². The fourth-order valence-electron chi connectivity index (χ4n) is 2.93. The first-order valence-electron chi connectivity index (χ1n) is 7.14. The van der Waals surface area contributed by atoms with Crippen molar-refractivity contribution < 1.29 is 0 Å². The smallest absolute Gasteiger partial charge is 0.0197 e. The third-order valence-electron chi connectivity index (χ3n) is 3.93. The Morgan fingerprint density at radius 3 is 2.89 bits per heavy atom. The highest BCUT2D eigenvalue weighted by Crippen LogP contribution is 2.12. The fourth-order valence-corrected chi connectivity index (χ4v) is 2.93. The minimum absolute atomic E-state index is 0.558. The van der Waals surface area contributed by atoms with Crippen molar-refractivity contribution in [2.75, 3.05) is 20.1 Å². The van der Waals surface area contributed by atoms with Crippen LogP contribution in [0.15, 0.2) is 24.3 Å². The molecule has 1 aromatic carbocycles. The molecule has 2 rings (SSSR count). The van der Waals surface area contributed by atoms with Crippen LogP contribution in [0.25, 0.3) is 0 Å². The van der Waals surface area contributed by atoms with Gasteiger partial charge in [-0.1, -0.05) is 24.3 Å². The number of hydrogen-bond donors (Lipinski definition) is 1. The number of likely N-dealkylation sites (N-methyl/N-ethyl adjacent to an activating group) is 1. The number of aryl methyl sites for hydroxylation is 1. The van der Waals surface area contributed by atoms with E-state index in [0.717, 1.165) is 6.42 Å². The molecule has 1 aliphatic rings. The van der Waals surface area contributed by atoms with Crippen LogP contribution in [0.2, 0.25) is 0 Å². The second-order valence-electron chi connectivity index (χ2n) is 5.80. The van der Waals surface area contributed by atoms with E-state index < -0.39 is 0 Å². The van der Waals surface area contributed by atoms with Crippen LogP contribution in [0, 0.1) is 6.92 Å². The van der Waals surface area contributed by atoms with E-state index in [1.807, 2.05) is 0 Å². The van der Waals surface area contributed by atoms with E-state index >= 15 is 0 Å². The standard InChI is InChI=1S/C16H26N2/c1-13-7-4-5-8-15(13)11-14(2)17-16-9-6-10-18(3)12-16/h4-5,7-8,14,16-17H,6,9-12H2,1-3H3. The molecule has 0 spiro atoms. The lowest BCUT2D eigenvalue weighted by Gasteiger charge is -2.32. The average Bonchev–Trinajstić information content (AvgIpc) is 2.32. The van der Waals surface area contributed by atoms with Gasteiger partial charge in [-0.25, -0.2) is 0 Å². The zero-order chi connectivity index (χ0) is 13.0. The molecule has 0 saturated carbocycles. The van der Waals surface area contributed by atoms with Gasteiger partial charge in [0, 0.05) is 18.6 Å². The quantitative estimate of drug-likeness (QED) is 0.878. The number of nitrogens with zero attached hydrogens (tertiary/aromatic N) is 1. The third kappa shape index (κ3) is 3.82. The Bertz CT molecular complexity index is 375. The number of hydrogen-bond acceptors (Lipinski definition) is 2. The van der Waals surface area contributed by atoms with Gasteiger partial charge in [-0.3, -0.25) is 0 Å². The average molecular weight is 246 g/mol. The Morgan fingerprint density at radius 2 is 2.17 bits per heavy atom. The van der Waals surface area contributed by atoms with Gasteiger partial charge in [0.25, 0.3) is 0 Å². The zero-order valence-corrected chi connectivity index (χ0v) is 11.9. The minimum atomic E-state index is 0.558. The molecular formula is C16H26N2. The molecule has 2 unspecified atom stereocenters. The van der Waals surface area contributed by atoms with Crippen LogP contribution in [0.3, 0.4) is 0 Å². The summed E-state index contributed by atoms with van der Waals surface area (Å²) in [5, 5.41) is 3.78. The summed E-state index contributed by atoms with van der Waals surface area (Å²) >= 11 is 0. The molecule has 18 heavy (non-hydrogen) atoms. The highest BCUT2D eigenvalue weighted by atomic mass is 15.1. The molecule has 0 amide bonds. The summed E-state index contributed by atoms with van der Waals surface area (Å²) in [4.78, 5) is 2.43. The van der Waals surface area contributed by atoms with Gasteiger partial charge < -0.3 is 10.2 Å².